The van der Waals surface area contributed by atoms with Gasteiger partial charge in [-0.2, -0.15) is 0 Å². The maximum absolute atomic E-state index is 5.69. The molecule has 1 aromatic carbocycles. The number of amidine groups is 1. The molecule has 86 valence electrons. The van der Waals surface area contributed by atoms with E-state index >= 15 is 0 Å². The second-order valence-corrected chi connectivity index (χ2v) is 4.53. The lowest BCUT2D eigenvalue weighted by molar-refractivity contribution is 0.547. The summed E-state index contributed by atoms with van der Waals surface area (Å²) < 4.78 is 0. The molecule has 3 nitrogen and oxygen atoms in total. The van der Waals surface area contributed by atoms with Crippen molar-refractivity contribution in [1.29, 1.82) is 0 Å². The standard InChI is InChI=1S/C14H15N3/c1-10-2-7-14-16-13(9-17(14)8-10)11-3-5-12(15)6-4-11/h2-8,13H,9,15H2,1H3. The van der Waals surface area contributed by atoms with Crippen molar-refractivity contribution in [1.82, 2.24) is 4.90 Å². The highest BCUT2D eigenvalue weighted by Crippen LogP contribution is 2.28. The Morgan fingerprint density at radius 3 is 2.76 bits per heavy atom. The molecule has 2 aliphatic rings. The van der Waals surface area contributed by atoms with Crippen molar-refractivity contribution < 1.29 is 0 Å². The predicted octanol–water partition coefficient (Wildman–Crippen LogP) is 2.50. The predicted molar refractivity (Wildman–Crippen MR) is 70.6 cm³/mol. The first-order valence-corrected chi connectivity index (χ1v) is 5.79. The SMILES string of the molecule is CC1=CN2CC(c3ccc(N)cc3)N=C2C=C1. The molecule has 0 radical (unpaired) electrons. The smallest absolute Gasteiger partial charge is 0.128 e. The first-order chi connectivity index (χ1) is 8.22. The lowest BCUT2D eigenvalue weighted by Crippen LogP contribution is -2.23. The van der Waals surface area contributed by atoms with E-state index in [0.717, 1.165) is 18.1 Å². The Labute approximate surface area is 101 Å². The third kappa shape index (κ3) is 1.84. The Balaban J connectivity index is 1.87. The van der Waals surface area contributed by atoms with Crippen molar-refractivity contribution in [2.24, 2.45) is 4.99 Å². The quantitative estimate of drug-likeness (QED) is 0.746. The van der Waals surface area contributed by atoms with Gasteiger partial charge in [0.2, 0.25) is 0 Å². The number of nitrogens with zero attached hydrogens (tertiary/aromatic N) is 2. The van der Waals surface area contributed by atoms with Crippen LogP contribution in [0.25, 0.3) is 0 Å². The second kappa shape index (κ2) is 3.77. The van der Waals surface area contributed by atoms with E-state index in [1.165, 1.54) is 11.1 Å². The van der Waals surface area contributed by atoms with Gasteiger partial charge in [0.05, 0.1) is 12.6 Å². The molecule has 1 unspecified atom stereocenters. The number of anilines is 1. The van der Waals surface area contributed by atoms with Crippen LogP contribution >= 0.6 is 0 Å². The molecule has 0 amide bonds. The molecule has 2 heterocycles. The van der Waals surface area contributed by atoms with Crippen LogP contribution in [0.15, 0.2) is 53.2 Å². The molecule has 2 aliphatic heterocycles. The van der Waals surface area contributed by atoms with Crippen molar-refractivity contribution in [3.63, 3.8) is 0 Å². The Bertz CT molecular complexity index is 523. The van der Waals surface area contributed by atoms with Crippen LogP contribution in [-0.2, 0) is 0 Å². The number of hydrogen-bond acceptors (Lipinski definition) is 3. The highest BCUT2D eigenvalue weighted by Gasteiger charge is 2.24. The normalized spacial score (nSPS) is 22.2. The van der Waals surface area contributed by atoms with Gasteiger partial charge in [-0.05, 0) is 36.3 Å². The van der Waals surface area contributed by atoms with Crippen molar-refractivity contribution in [3.8, 4) is 0 Å². The van der Waals surface area contributed by atoms with Crippen LogP contribution < -0.4 is 5.73 Å². The molecule has 3 heteroatoms. The van der Waals surface area contributed by atoms with E-state index in [0.29, 0.717) is 0 Å². The van der Waals surface area contributed by atoms with Crippen molar-refractivity contribution in [3.05, 3.63) is 53.8 Å². The lowest BCUT2D eigenvalue weighted by Gasteiger charge is -2.18. The van der Waals surface area contributed by atoms with Gasteiger partial charge >= 0.3 is 0 Å². The maximum atomic E-state index is 5.69. The van der Waals surface area contributed by atoms with Gasteiger partial charge in [0.25, 0.3) is 0 Å². The molecule has 2 N–H and O–H groups in total. The maximum Gasteiger partial charge on any atom is 0.128 e. The fraction of sp³-hybridized carbons (Fsp3) is 0.214. The average molecular weight is 225 g/mol. The third-order valence-electron chi connectivity index (χ3n) is 3.13. The van der Waals surface area contributed by atoms with E-state index in [1.54, 1.807) is 0 Å². The van der Waals surface area contributed by atoms with Gasteiger partial charge in [0, 0.05) is 11.9 Å². The molecule has 0 saturated carbocycles. The lowest BCUT2D eigenvalue weighted by atomic mass is 10.1. The summed E-state index contributed by atoms with van der Waals surface area (Å²) in [6.45, 7) is 3.02. The fourth-order valence-corrected chi connectivity index (χ4v) is 2.21. The highest BCUT2D eigenvalue weighted by molar-refractivity contribution is 5.96. The number of benzene rings is 1. The van der Waals surface area contributed by atoms with Crippen molar-refractivity contribution >= 4 is 11.5 Å². The van der Waals surface area contributed by atoms with E-state index in [2.05, 4.69) is 42.3 Å². The average Bonchev–Trinajstić information content (AvgIpc) is 2.72. The molecule has 0 aromatic heterocycles. The molecular formula is C14H15N3. The summed E-state index contributed by atoms with van der Waals surface area (Å²) in [6.07, 6.45) is 6.32. The van der Waals surface area contributed by atoms with E-state index in [9.17, 15) is 0 Å². The van der Waals surface area contributed by atoms with Crippen LogP contribution in [0.3, 0.4) is 0 Å². The third-order valence-corrected chi connectivity index (χ3v) is 3.13. The summed E-state index contributed by atoms with van der Waals surface area (Å²) in [7, 11) is 0. The summed E-state index contributed by atoms with van der Waals surface area (Å²) in [5, 5.41) is 0. The van der Waals surface area contributed by atoms with E-state index in [1.807, 2.05) is 12.1 Å². The fourth-order valence-electron chi connectivity index (χ4n) is 2.21. The minimum Gasteiger partial charge on any atom is -0.399 e. The highest BCUT2D eigenvalue weighted by atomic mass is 15.2. The molecule has 0 fully saturated rings. The van der Waals surface area contributed by atoms with E-state index < -0.39 is 0 Å². The molecular weight excluding hydrogens is 210 g/mol. The van der Waals surface area contributed by atoms with Crippen LogP contribution in [0.5, 0.6) is 0 Å². The van der Waals surface area contributed by atoms with E-state index in [-0.39, 0.29) is 6.04 Å². The van der Waals surface area contributed by atoms with Crippen molar-refractivity contribution in [2.75, 3.05) is 12.3 Å². The molecule has 1 aromatic rings. The first kappa shape index (κ1) is 10.1. The van der Waals surface area contributed by atoms with Crippen LogP contribution in [0, 0.1) is 0 Å². The molecule has 3 rings (SSSR count). The summed E-state index contributed by atoms with van der Waals surface area (Å²) >= 11 is 0. The van der Waals surface area contributed by atoms with Crippen LogP contribution in [0.2, 0.25) is 0 Å². The number of fused-ring (bicyclic) bond motifs is 1. The number of hydrogen-bond donors (Lipinski definition) is 1. The van der Waals surface area contributed by atoms with Gasteiger partial charge < -0.3 is 10.6 Å². The minimum atomic E-state index is 0.220. The monoisotopic (exact) mass is 225 g/mol. The van der Waals surface area contributed by atoms with E-state index in [4.69, 9.17) is 10.7 Å². The Hall–Kier alpha value is -2.03. The number of nitrogens with two attached hydrogens (primary N) is 1. The zero-order valence-corrected chi connectivity index (χ0v) is 9.80. The number of nitrogen functional groups attached to an aromatic ring is 1. The molecule has 0 bridgehead atoms. The van der Waals surface area contributed by atoms with Gasteiger partial charge in [-0.25, -0.2) is 0 Å². The molecule has 0 spiro atoms. The summed E-state index contributed by atoms with van der Waals surface area (Å²) in [5.41, 5.74) is 8.98. The largest absolute Gasteiger partial charge is 0.399 e. The van der Waals surface area contributed by atoms with Gasteiger partial charge in [0.15, 0.2) is 0 Å². The minimum absolute atomic E-state index is 0.220. The summed E-state index contributed by atoms with van der Waals surface area (Å²) in [5.74, 6) is 1.05. The van der Waals surface area contributed by atoms with Gasteiger partial charge in [0.1, 0.15) is 5.84 Å². The summed E-state index contributed by atoms with van der Waals surface area (Å²) in [4.78, 5) is 6.92. The Morgan fingerprint density at radius 2 is 2.00 bits per heavy atom. The number of rotatable bonds is 1. The Morgan fingerprint density at radius 1 is 1.24 bits per heavy atom. The van der Waals surface area contributed by atoms with Crippen LogP contribution in [0.1, 0.15) is 18.5 Å². The topological polar surface area (TPSA) is 41.6 Å². The van der Waals surface area contributed by atoms with Gasteiger partial charge in [-0.1, -0.05) is 18.2 Å². The molecule has 17 heavy (non-hydrogen) atoms. The Kier molecular flexibility index (Phi) is 2.25. The molecule has 0 saturated heterocycles. The van der Waals surface area contributed by atoms with Crippen LogP contribution in [0.4, 0.5) is 5.69 Å². The number of aliphatic imine (C=N–C) groups is 1. The zero-order valence-electron chi connectivity index (χ0n) is 9.80. The first-order valence-electron chi connectivity index (χ1n) is 5.79. The second-order valence-electron chi connectivity index (χ2n) is 4.53. The molecule has 1 atom stereocenters. The zero-order chi connectivity index (χ0) is 11.8. The van der Waals surface area contributed by atoms with Crippen LogP contribution in [-0.4, -0.2) is 17.3 Å². The number of allylic oxidation sites excluding steroid dienone is 2. The molecule has 0 aliphatic carbocycles. The van der Waals surface area contributed by atoms with Gasteiger partial charge in [-0.3, -0.25) is 4.99 Å². The summed E-state index contributed by atoms with van der Waals surface area (Å²) in [6, 6.07) is 8.21. The van der Waals surface area contributed by atoms with Crippen molar-refractivity contribution in [2.45, 2.75) is 13.0 Å². The van der Waals surface area contributed by atoms with Gasteiger partial charge in [-0.15, -0.1) is 0 Å².